The van der Waals surface area contributed by atoms with E-state index >= 15 is 0 Å². The molecule has 2 rings (SSSR count). The maximum absolute atomic E-state index is 5.89. The molecule has 0 aromatic carbocycles. The van der Waals surface area contributed by atoms with Crippen molar-refractivity contribution in [3.8, 4) is 0 Å². The highest BCUT2D eigenvalue weighted by molar-refractivity contribution is 6.29. The van der Waals surface area contributed by atoms with Crippen LogP contribution in [0.3, 0.4) is 0 Å². The van der Waals surface area contributed by atoms with Crippen LogP contribution >= 0.6 is 11.6 Å². The van der Waals surface area contributed by atoms with E-state index in [0.717, 1.165) is 24.1 Å². The first-order valence-electron chi connectivity index (χ1n) is 6.49. The number of nitrogens with zero attached hydrogens (tertiary/aromatic N) is 2. The lowest BCUT2D eigenvalue weighted by Gasteiger charge is -2.21. The molecular weight excluding hydrogens is 234 g/mol. The van der Waals surface area contributed by atoms with E-state index in [1.54, 1.807) is 6.07 Å². The SMILES string of the molecule is Cc1nc(Cl)cc(NCCC2CCCCC2)n1. The van der Waals surface area contributed by atoms with Gasteiger partial charge >= 0.3 is 0 Å². The van der Waals surface area contributed by atoms with E-state index in [0.29, 0.717) is 5.15 Å². The van der Waals surface area contributed by atoms with E-state index in [2.05, 4.69) is 15.3 Å². The summed E-state index contributed by atoms with van der Waals surface area (Å²) in [6.45, 7) is 2.84. The summed E-state index contributed by atoms with van der Waals surface area (Å²) in [7, 11) is 0. The van der Waals surface area contributed by atoms with Crippen molar-refractivity contribution >= 4 is 17.4 Å². The average molecular weight is 254 g/mol. The Morgan fingerprint density at radius 3 is 2.76 bits per heavy atom. The minimum atomic E-state index is 0.512. The lowest BCUT2D eigenvalue weighted by atomic mass is 9.87. The van der Waals surface area contributed by atoms with Gasteiger partial charge in [0.15, 0.2) is 0 Å². The molecular formula is C13H20ClN3. The van der Waals surface area contributed by atoms with Crippen molar-refractivity contribution in [3.05, 3.63) is 17.0 Å². The number of aryl methyl sites for hydroxylation is 1. The number of nitrogens with one attached hydrogen (secondary N) is 1. The Morgan fingerprint density at radius 1 is 1.29 bits per heavy atom. The topological polar surface area (TPSA) is 37.8 Å². The smallest absolute Gasteiger partial charge is 0.134 e. The summed E-state index contributed by atoms with van der Waals surface area (Å²) < 4.78 is 0. The standard InChI is InChI=1S/C13H20ClN3/c1-10-16-12(14)9-13(17-10)15-8-7-11-5-3-2-4-6-11/h9,11H,2-8H2,1H3,(H,15,16,17). The minimum absolute atomic E-state index is 0.512. The van der Waals surface area contributed by atoms with Crippen molar-refractivity contribution < 1.29 is 0 Å². The van der Waals surface area contributed by atoms with Crippen LogP contribution in [0.5, 0.6) is 0 Å². The summed E-state index contributed by atoms with van der Waals surface area (Å²) in [5.74, 6) is 2.46. The molecule has 0 atom stereocenters. The fourth-order valence-electron chi connectivity index (χ4n) is 2.50. The normalized spacial score (nSPS) is 17.1. The van der Waals surface area contributed by atoms with Crippen LogP contribution in [0, 0.1) is 12.8 Å². The third kappa shape index (κ3) is 4.15. The predicted octanol–water partition coefficient (Wildman–Crippen LogP) is 3.82. The van der Waals surface area contributed by atoms with Crippen molar-refractivity contribution in [2.24, 2.45) is 5.92 Å². The van der Waals surface area contributed by atoms with Gasteiger partial charge in [-0.05, 0) is 19.3 Å². The molecule has 0 spiro atoms. The van der Waals surface area contributed by atoms with Gasteiger partial charge in [0.25, 0.3) is 0 Å². The average Bonchev–Trinajstić information content (AvgIpc) is 2.29. The first-order valence-corrected chi connectivity index (χ1v) is 6.87. The van der Waals surface area contributed by atoms with Gasteiger partial charge in [-0.15, -0.1) is 0 Å². The lowest BCUT2D eigenvalue weighted by molar-refractivity contribution is 0.345. The fourth-order valence-corrected chi connectivity index (χ4v) is 2.73. The Hall–Kier alpha value is -0.830. The highest BCUT2D eigenvalue weighted by Gasteiger charge is 2.12. The summed E-state index contributed by atoms with van der Waals surface area (Å²) in [5.41, 5.74) is 0. The molecule has 3 nitrogen and oxygen atoms in total. The number of halogens is 1. The molecule has 1 N–H and O–H groups in total. The molecule has 0 bridgehead atoms. The van der Waals surface area contributed by atoms with E-state index in [1.807, 2.05) is 6.92 Å². The summed E-state index contributed by atoms with van der Waals surface area (Å²) in [6.07, 6.45) is 8.26. The Labute approximate surface area is 108 Å². The molecule has 94 valence electrons. The highest BCUT2D eigenvalue weighted by Crippen LogP contribution is 2.26. The van der Waals surface area contributed by atoms with Crippen LogP contribution < -0.4 is 5.32 Å². The van der Waals surface area contributed by atoms with Gasteiger partial charge in [0.1, 0.15) is 16.8 Å². The van der Waals surface area contributed by atoms with Crippen LogP contribution in [0.4, 0.5) is 5.82 Å². The van der Waals surface area contributed by atoms with Gasteiger partial charge < -0.3 is 5.32 Å². The van der Waals surface area contributed by atoms with Gasteiger partial charge in [0.2, 0.25) is 0 Å². The maximum Gasteiger partial charge on any atom is 0.134 e. The van der Waals surface area contributed by atoms with E-state index in [4.69, 9.17) is 11.6 Å². The molecule has 1 saturated carbocycles. The van der Waals surface area contributed by atoms with Gasteiger partial charge in [0.05, 0.1) is 0 Å². The molecule has 0 saturated heterocycles. The van der Waals surface area contributed by atoms with Crippen molar-refractivity contribution in [1.29, 1.82) is 0 Å². The minimum Gasteiger partial charge on any atom is -0.370 e. The van der Waals surface area contributed by atoms with Crippen LogP contribution in [0.1, 0.15) is 44.3 Å². The van der Waals surface area contributed by atoms with Crippen LogP contribution in [0.15, 0.2) is 6.07 Å². The second-order valence-corrected chi connectivity index (χ2v) is 5.23. The molecule has 0 amide bonds. The zero-order valence-electron chi connectivity index (χ0n) is 10.4. The molecule has 1 aliphatic carbocycles. The van der Waals surface area contributed by atoms with Crippen molar-refractivity contribution in [1.82, 2.24) is 9.97 Å². The second kappa shape index (κ2) is 6.20. The van der Waals surface area contributed by atoms with Gasteiger partial charge in [-0.2, -0.15) is 0 Å². The van der Waals surface area contributed by atoms with Crippen molar-refractivity contribution in [3.63, 3.8) is 0 Å². The van der Waals surface area contributed by atoms with Gasteiger partial charge in [-0.1, -0.05) is 43.7 Å². The number of anilines is 1. The zero-order valence-corrected chi connectivity index (χ0v) is 11.1. The number of hydrogen-bond donors (Lipinski definition) is 1. The third-order valence-electron chi connectivity index (χ3n) is 3.39. The summed E-state index contributed by atoms with van der Waals surface area (Å²) in [4.78, 5) is 8.36. The van der Waals surface area contributed by atoms with E-state index in [1.165, 1.54) is 38.5 Å². The highest BCUT2D eigenvalue weighted by atomic mass is 35.5. The number of aromatic nitrogens is 2. The summed E-state index contributed by atoms with van der Waals surface area (Å²) >= 11 is 5.89. The molecule has 0 aliphatic heterocycles. The van der Waals surface area contributed by atoms with E-state index < -0.39 is 0 Å². The Bertz CT molecular complexity index is 341. The van der Waals surface area contributed by atoms with Crippen LogP contribution in [0.2, 0.25) is 5.15 Å². The van der Waals surface area contributed by atoms with E-state index in [-0.39, 0.29) is 0 Å². The number of rotatable bonds is 4. The second-order valence-electron chi connectivity index (χ2n) is 4.84. The molecule has 1 aliphatic rings. The van der Waals surface area contributed by atoms with Crippen LogP contribution in [-0.4, -0.2) is 16.5 Å². The molecule has 0 unspecified atom stereocenters. The van der Waals surface area contributed by atoms with Crippen molar-refractivity contribution in [2.45, 2.75) is 45.4 Å². The molecule has 1 aromatic rings. The van der Waals surface area contributed by atoms with Gasteiger partial charge in [-0.25, -0.2) is 9.97 Å². The largest absolute Gasteiger partial charge is 0.370 e. The summed E-state index contributed by atoms with van der Waals surface area (Å²) in [5, 5.41) is 3.85. The molecule has 4 heteroatoms. The Kier molecular flexibility index (Phi) is 4.60. The number of hydrogen-bond acceptors (Lipinski definition) is 3. The van der Waals surface area contributed by atoms with Gasteiger partial charge in [-0.3, -0.25) is 0 Å². The quantitative estimate of drug-likeness (QED) is 0.829. The first kappa shape index (κ1) is 12.6. The van der Waals surface area contributed by atoms with E-state index in [9.17, 15) is 0 Å². The molecule has 0 radical (unpaired) electrons. The van der Waals surface area contributed by atoms with Crippen LogP contribution in [-0.2, 0) is 0 Å². The zero-order chi connectivity index (χ0) is 12.1. The third-order valence-corrected chi connectivity index (χ3v) is 3.58. The molecule has 1 aromatic heterocycles. The molecule has 1 heterocycles. The summed E-state index contributed by atoms with van der Waals surface area (Å²) in [6, 6.07) is 1.79. The van der Waals surface area contributed by atoms with Crippen LogP contribution in [0.25, 0.3) is 0 Å². The monoisotopic (exact) mass is 253 g/mol. The molecule has 17 heavy (non-hydrogen) atoms. The Balaban J connectivity index is 1.77. The lowest BCUT2D eigenvalue weighted by Crippen LogP contribution is -2.13. The first-order chi connectivity index (χ1) is 8.24. The Morgan fingerprint density at radius 2 is 2.06 bits per heavy atom. The molecule has 1 fully saturated rings. The fraction of sp³-hybridized carbons (Fsp3) is 0.692. The van der Waals surface area contributed by atoms with Crippen molar-refractivity contribution in [2.75, 3.05) is 11.9 Å². The van der Waals surface area contributed by atoms with Gasteiger partial charge in [0, 0.05) is 12.6 Å². The predicted molar refractivity (Wildman–Crippen MR) is 71.5 cm³/mol. The maximum atomic E-state index is 5.89.